The van der Waals surface area contributed by atoms with Crippen LogP contribution in [0, 0.1) is 0 Å². The van der Waals surface area contributed by atoms with E-state index in [-0.39, 0.29) is 0 Å². The number of hydrogen-bond donors (Lipinski definition) is 0. The molecule has 40 heavy (non-hydrogen) atoms. The van der Waals surface area contributed by atoms with E-state index in [4.69, 9.17) is 0 Å². The first kappa shape index (κ1) is 22.8. The Balaban J connectivity index is 1.26. The highest BCUT2D eigenvalue weighted by molar-refractivity contribution is 6.14. The first-order chi connectivity index (χ1) is 19.8. The van der Waals surface area contributed by atoms with E-state index in [0.717, 1.165) is 0 Å². The summed E-state index contributed by atoms with van der Waals surface area (Å²) >= 11 is 0. The minimum Gasteiger partial charge on any atom is -0.0622 e. The predicted molar refractivity (Wildman–Crippen MR) is 173 cm³/mol. The Morgan fingerprint density at radius 1 is 0.225 bits per heavy atom. The minimum atomic E-state index is 1.24. The molecule has 0 aliphatic carbocycles. The fraction of sp³-hybridized carbons (Fsp3) is 0. The van der Waals surface area contributed by atoms with E-state index in [1.807, 2.05) is 0 Å². The van der Waals surface area contributed by atoms with Crippen LogP contribution in [0.2, 0.25) is 0 Å². The monoisotopic (exact) mass is 506 g/mol. The highest BCUT2D eigenvalue weighted by Crippen LogP contribution is 2.38. The normalized spacial score (nSPS) is 11.5. The molecule has 0 unspecified atom stereocenters. The second-order valence-electron chi connectivity index (χ2n) is 10.5. The van der Waals surface area contributed by atoms with E-state index < -0.39 is 0 Å². The minimum absolute atomic E-state index is 1.24. The molecular weight excluding hydrogens is 480 g/mol. The fourth-order valence-corrected chi connectivity index (χ4v) is 6.31. The molecule has 8 aromatic rings. The molecule has 0 saturated heterocycles. The second-order valence-corrected chi connectivity index (χ2v) is 10.5. The average Bonchev–Trinajstić information content (AvgIpc) is 3.04. The van der Waals surface area contributed by atoms with Gasteiger partial charge in [-0.05, 0) is 94.7 Å². The zero-order chi connectivity index (χ0) is 26.5. The van der Waals surface area contributed by atoms with Crippen molar-refractivity contribution in [3.8, 4) is 33.4 Å². The zero-order valence-electron chi connectivity index (χ0n) is 22.0. The van der Waals surface area contributed by atoms with Gasteiger partial charge in [0.1, 0.15) is 0 Å². The quantitative estimate of drug-likeness (QED) is 0.209. The third-order valence-corrected chi connectivity index (χ3v) is 8.24. The van der Waals surface area contributed by atoms with Gasteiger partial charge in [-0.3, -0.25) is 0 Å². The van der Waals surface area contributed by atoms with Crippen LogP contribution in [0.25, 0.3) is 76.5 Å². The van der Waals surface area contributed by atoms with Gasteiger partial charge < -0.3 is 0 Å². The van der Waals surface area contributed by atoms with E-state index in [9.17, 15) is 0 Å². The maximum atomic E-state index is 2.34. The predicted octanol–water partition coefficient (Wildman–Crippen LogP) is 11.3. The van der Waals surface area contributed by atoms with Gasteiger partial charge >= 0.3 is 0 Å². The van der Waals surface area contributed by atoms with Gasteiger partial charge in [-0.15, -0.1) is 0 Å². The molecule has 0 aliphatic heterocycles. The van der Waals surface area contributed by atoms with Gasteiger partial charge in [0.2, 0.25) is 0 Å². The summed E-state index contributed by atoms with van der Waals surface area (Å²) in [5.41, 5.74) is 7.56. The van der Waals surface area contributed by atoms with Gasteiger partial charge in [-0.25, -0.2) is 0 Å². The molecule has 0 bridgehead atoms. The van der Waals surface area contributed by atoms with Crippen LogP contribution in [-0.4, -0.2) is 0 Å². The van der Waals surface area contributed by atoms with Crippen molar-refractivity contribution >= 4 is 43.1 Å². The first-order valence-corrected chi connectivity index (χ1v) is 13.9. The summed E-state index contributed by atoms with van der Waals surface area (Å²) in [6.07, 6.45) is 0. The molecule has 0 radical (unpaired) electrons. The van der Waals surface area contributed by atoms with Gasteiger partial charge in [0.25, 0.3) is 0 Å². The van der Waals surface area contributed by atoms with E-state index in [1.165, 1.54) is 76.5 Å². The molecule has 0 nitrogen and oxygen atoms in total. The summed E-state index contributed by atoms with van der Waals surface area (Å²) in [4.78, 5) is 0. The molecule has 0 N–H and O–H groups in total. The molecule has 0 heterocycles. The largest absolute Gasteiger partial charge is 0.0622 e. The van der Waals surface area contributed by atoms with Gasteiger partial charge in [0.05, 0.1) is 0 Å². The summed E-state index contributed by atoms with van der Waals surface area (Å²) in [5, 5.41) is 10.2. The van der Waals surface area contributed by atoms with Crippen LogP contribution >= 0.6 is 0 Å². The van der Waals surface area contributed by atoms with Crippen molar-refractivity contribution in [3.63, 3.8) is 0 Å². The molecule has 0 aliphatic rings. The van der Waals surface area contributed by atoms with Crippen LogP contribution in [0.1, 0.15) is 0 Å². The van der Waals surface area contributed by atoms with Crippen molar-refractivity contribution < 1.29 is 0 Å². The molecule has 0 atom stereocenters. The standard InChI is InChI=1S/C40H26/c1-2-10-27(11-3-1)33-16-8-19-38-35(17-9-18-37(33)38)31-22-20-29-25-32(23-21-28(29)24-31)40-26-30-12-4-5-13-34(30)36-14-6-7-15-39(36)40/h1-26H. The third-order valence-electron chi connectivity index (χ3n) is 8.24. The second kappa shape index (κ2) is 9.22. The number of hydrogen-bond acceptors (Lipinski definition) is 0. The lowest BCUT2D eigenvalue weighted by molar-refractivity contribution is 1.64. The number of fused-ring (bicyclic) bond motifs is 5. The number of rotatable bonds is 3. The van der Waals surface area contributed by atoms with Crippen molar-refractivity contribution in [2.45, 2.75) is 0 Å². The van der Waals surface area contributed by atoms with Crippen LogP contribution < -0.4 is 0 Å². The molecule has 0 heteroatoms. The van der Waals surface area contributed by atoms with E-state index in [2.05, 4.69) is 158 Å². The van der Waals surface area contributed by atoms with Crippen molar-refractivity contribution in [3.05, 3.63) is 158 Å². The topological polar surface area (TPSA) is 0 Å². The summed E-state index contributed by atoms with van der Waals surface area (Å²) in [7, 11) is 0. The molecule has 0 aromatic heterocycles. The highest BCUT2D eigenvalue weighted by Gasteiger charge is 2.11. The van der Waals surface area contributed by atoms with Crippen LogP contribution in [0.3, 0.4) is 0 Å². The first-order valence-electron chi connectivity index (χ1n) is 13.9. The Morgan fingerprint density at radius 3 is 1.43 bits per heavy atom. The van der Waals surface area contributed by atoms with Crippen molar-refractivity contribution in [2.75, 3.05) is 0 Å². The summed E-state index contributed by atoms with van der Waals surface area (Å²) in [5.74, 6) is 0. The van der Waals surface area contributed by atoms with Crippen molar-refractivity contribution in [2.24, 2.45) is 0 Å². The molecular formula is C40H26. The van der Waals surface area contributed by atoms with E-state index in [0.29, 0.717) is 0 Å². The van der Waals surface area contributed by atoms with E-state index in [1.54, 1.807) is 0 Å². The maximum Gasteiger partial charge on any atom is -0.00988 e. The van der Waals surface area contributed by atoms with Crippen molar-refractivity contribution in [1.82, 2.24) is 0 Å². The molecule has 0 fully saturated rings. The maximum absolute atomic E-state index is 2.34. The van der Waals surface area contributed by atoms with Gasteiger partial charge in [-0.1, -0.05) is 140 Å². The van der Waals surface area contributed by atoms with Crippen molar-refractivity contribution in [1.29, 1.82) is 0 Å². The summed E-state index contributed by atoms with van der Waals surface area (Å²) in [6.45, 7) is 0. The summed E-state index contributed by atoms with van der Waals surface area (Å²) < 4.78 is 0. The SMILES string of the molecule is c1ccc(-c2cccc3c(-c4ccc5cc(-c6cc7ccccc7c7ccccc67)ccc5c4)cccc23)cc1. The Kier molecular flexibility index (Phi) is 5.24. The highest BCUT2D eigenvalue weighted by atomic mass is 14.1. The zero-order valence-corrected chi connectivity index (χ0v) is 22.0. The Labute approximate surface area is 233 Å². The molecule has 8 rings (SSSR count). The van der Waals surface area contributed by atoms with Gasteiger partial charge in [-0.2, -0.15) is 0 Å². The van der Waals surface area contributed by atoms with Crippen LogP contribution in [0.15, 0.2) is 158 Å². The Hall–Kier alpha value is -5.20. The van der Waals surface area contributed by atoms with Crippen LogP contribution in [-0.2, 0) is 0 Å². The Morgan fingerprint density at radius 2 is 0.725 bits per heavy atom. The molecule has 8 aromatic carbocycles. The van der Waals surface area contributed by atoms with Gasteiger partial charge in [0.15, 0.2) is 0 Å². The fourth-order valence-electron chi connectivity index (χ4n) is 6.31. The molecule has 186 valence electrons. The third kappa shape index (κ3) is 3.69. The number of benzene rings is 8. The lowest BCUT2D eigenvalue weighted by Gasteiger charge is -2.13. The molecule has 0 spiro atoms. The lowest BCUT2D eigenvalue weighted by Crippen LogP contribution is -1.87. The van der Waals surface area contributed by atoms with Crippen LogP contribution in [0.4, 0.5) is 0 Å². The van der Waals surface area contributed by atoms with Crippen LogP contribution in [0.5, 0.6) is 0 Å². The molecule has 0 amide bonds. The average molecular weight is 507 g/mol. The Bertz CT molecular complexity index is 2200. The molecule has 0 saturated carbocycles. The summed E-state index contributed by atoms with van der Waals surface area (Å²) in [6, 6.07) is 57.5. The smallest absolute Gasteiger partial charge is 0.00988 e. The lowest BCUT2D eigenvalue weighted by atomic mass is 9.90. The van der Waals surface area contributed by atoms with Gasteiger partial charge in [0, 0.05) is 0 Å². The van der Waals surface area contributed by atoms with E-state index >= 15 is 0 Å².